The van der Waals surface area contributed by atoms with E-state index in [0.29, 0.717) is 30.8 Å². The number of unbranched alkanes of at least 4 members (excludes halogenated alkanes) is 1. The number of hydrogen-bond acceptors (Lipinski definition) is 4. The van der Waals surface area contributed by atoms with Crippen LogP contribution in [0.4, 0.5) is 0 Å². The van der Waals surface area contributed by atoms with Gasteiger partial charge in [0.05, 0.1) is 12.1 Å². The molecular weight excluding hydrogens is 220 g/mol. The number of aromatic nitrogens is 2. The minimum Gasteiger partial charge on any atom is -0.478 e. The Balaban J connectivity index is 2.13. The van der Waals surface area contributed by atoms with Gasteiger partial charge >= 0.3 is 0 Å². The minimum absolute atomic E-state index is 0.157. The molecule has 2 aromatic rings. The Morgan fingerprint density at radius 3 is 3.12 bits per heavy atom. The fourth-order valence-electron chi connectivity index (χ4n) is 1.45. The van der Waals surface area contributed by atoms with E-state index in [1.54, 1.807) is 18.3 Å². The van der Waals surface area contributed by atoms with E-state index in [4.69, 9.17) is 4.74 Å². The highest BCUT2D eigenvalue weighted by atomic mass is 16.5. The van der Waals surface area contributed by atoms with Gasteiger partial charge in [-0.3, -0.25) is 4.79 Å². The van der Waals surface area contributed by atoms with E-state index in [-0.39, 0.29) is 5.56 Å². The van der Waals surface area contributed by atoms with Crippen molar-refractivity contribution in [3.05, 3.63) is 34.7 Å². The van der Waals surface area contributed by atoms with Crippen LogP contribution in [0.3, 0.4) is 0 Å². The third-order valence-corrected chi connectivity index (χ3v) is 2.30. The molecule has 0 fully saturated rings. The third-order valence-electron chi connectivity index (χ3n) is 2.30. The van der Waals surface area contributed by atoms with Gasteiger partial charge in [0.15, 0.2) is 0 Å². The van der Waals surface area contributed by atoms with Crippen molar-refractivity contribution in [2.75, 3.05) is 6.61 Å². The van der Waals surface area contributed by atoms with Gasteiger partial charge in [0, 0.05) is 30.1 Å². The van der Waals surface area contributed by atoms with Crippen LogP contribution in [-0.2, 0) is 4.79 Å². The Morgan fingerprint density at radius 1 is 1.41 bits per heavy atom. The summed E-state index contributed by atoms with van der Waals surface area (Å²) in [4.78, 5) is 28.1. The molecule has 17 heavy (non-hydrogen) atoms. The molecule has 2 rings (SSSR count). The highest BCUT2D eigenvalue weighted by Crippen LogP contribution is 2.14. The second-order valence-corrected chi connectivity index (χ2v) is 3.59. The molecule has 1 N–H and O–H groups in total. The van der Waals surface area contributed by atoms with Gasteiger partial charge in [0.2, 0.25) is 11.4 Å². The van der Waals surface area contributed by atoms with Gasteiger partial charge in [0.25, 0.3) is 0 Å². The van der Waals surface area contributed by atoms with Gasteiger partial charge in [-0.2, -0.15) is 0 Å². The predicted octanol–water partition coefficient (Wildman–Crippen LogP) is 1.28. The summed E-state index contributed by atoms with van der Waals surface area (Å²) >= 11 is 0. The van der Waals surface area contributed by atoms with E-state index in [1.165, 1.54) is 6.07 Å². The van der Waals surface area contributed by atoms with Crippen LogP contribution in [0.15, 0.2) is 29.2 Å². The number of aldehydes is 1. The van der Waals surface area contributed by atoms with Gasteiger partial charge in [-0.15, -0.1) is 0 Å². The van der Waals surface area contributed by atoms with Crippen LogP contribution in [0.25, 0.3) is 10.9 Å². The van der Waals surface area contributed by atoms with Gasteiger partial charge in [-0.1, -0.05) is 0 Å². The molecule has 5 nitrogen and oxygen atoms in total. The summed E-state index contributed by atoms with van der Waals surface area (Å²) in [5.74, 6) is 0.449. The number of carbonyl (C=O) groups is 1. The average Bonchev–Trinajstić information content (AvgIpc) is 2.34. The summed E-state index contributed by atoms with van der Waals surface area (Å²) in [5, 5.41) is 0.852. The van der Waals surface area contributed by atoms with E-state index < -0.39 is 0 Å². The number of ether oxygens (including phenoxy) is 1. The second-order valence-electron chi connectivity index (χ2n) is 3.59. The Kier molecular flexibility index (Phi) is 3.49. The largest absolute Gasteiger partial charge is 0.478 e. The Bertz CT molecular complexity index is 577. The van der Waals surface area contributed by atoms with Crippen molar-refractivity contribution >= 4 is 17.2 Å². The zero-order valence-corrected chi connectivity index (χ0v) is 9.18. The molecule has 0 atom stereocenters. The Labute approximate surface area is 97.4 Å². The van der Waals surface area contributed by atoms with Crippen LogP contribution in [0.2, 0.25) is 0 Å². The molecule has 0 radical (unpaired) electrons. The zero-order chi connectivity index (χ0) is 12.1. The third kappa shape index (κ3) is 2.90. The Morgan fingerprint density at radius 2 is 2.29 bits per heavy atom. The van der Waals surface area contributed by atoms with Gasteiger partial charge in [0.1, 0.15) is 6.29 Å². The number of nitrogens with zero attached hydrogens (tertiary/aromatic N) is 1. The molecular formula is C12H12N2O3. The van der Waals surface area contributed by atoms with Crippen LogP contribution in [0, 0.1) is 0 Å². The quantitative estimate of drug-likeness (QED) is 0.622. The molecule has 0 spiro atoms. The monoisotopic (exact) mass is 232 g/mol. The number of rotatable bonds is 5. The number of carbonyl (C=O) groups excluding carboxylic acids is 1. The lowest BCUT2D eigenvalue weighted by molar-refractivity contribution is -0.108. The molecule has 0 unspecified atom stereocenters. The first kappa shape index (κ1) is 11.3. The first-order valence-electron chi connectivity index (χ1n) is 5.35. The lowest BCUT2D eigenvalue weighted by Gasteiger charge is -2.04. The van der Waals surface area contributed by atoms with Crippen LogP contribution < -0.4 is 10.3 Å². The average molecular weight is 232 g/mol. The molecule has 0 aliphatic carbocycles. The summed E-state index contributed by atoms with van der Waals surface area (Å²) in [5.41, 5.74) is 0.536. The molecule has 0 aliphatic rings. The molecule has 0 aliphatic heterocycles. The lowest BCUT2D eigenvalue weighted by atomic mass is 10.3. The number of H-pyrrole nitrogens is 1. The zero-order valence-electron chi connectivity index (χ0n) is 9.18. The van der Waals surface area contributed by atoms with Crippen molar-refractivity contribution in [3.8, 4) is 5.88 Å². The topological polar surface area (TPSA) is 72.1 Å². The van der Waals surface area contributed by atoms with Gasteiger partial charge < -0.3 is 14.5 Å². The molecule has 88 valence electrons. The molecule has 5 heteroatoms. The van der Waals surface area contributed by atoms with Crippen molar-refractivity contribution in [2.24, 2.45) is 0 Å². The normalized spacial score (nSPS) is 10.4. The predicted molar refractivity (Wildman–Crippen MR) is 63.2 cm³/mol. The molecule has 0 saturated heterocycles. The number of hydrogen-bond donors (Lipinski definition) is 1. The van der Waals surface area contributed by atoms with E-state index >= 15 is 0 Å². The van der Waals surface area contributed by atoms with Crippen molar-refractivity contribution < 1.29 is 9.53 Å². The fourth-order valence-corrected chi connectivity index (χ4v) is 1.45. The molecule has 2 heterocycles. The summed E-state index contributed by atoms with van der Waals surface area (Å²) in [7, 11) is 0. The fraction of sp³-hybridized carbons (Fsp3) is 0.250. The summed E-state index contributed by atoms with van der Waals surface area (Å²) < 4.78 is 5.36. The maximum absolute atomic E-state index is 11.1. The molecule has 0 saturated carbocycles. The number of aromatic amines is 1. The van der Waals surface area contributed by atoms with Crippen molar-refractivity contribution in [2.45, 2.75) is 12.8 Å². The van der Waals surface area contributed by atoms with Crippen molar-refractivity contribution in [1.29, 1.82) is 0 Å². The number of pyridine rings is 2. The maximum Gasteiger partial charge on any atom is 0.248 e. The second kappa shape index (κ2) is 5.25. The molecule has 0 bridgehead atoms. The summed E-state index contributed by atoms with van der Waals surface area (Å²) in [6, 6.07) is 4.84. The van der Waals surface area contributed by atoms with E-state index in [1.807, 2.05) is 0 Å². The first-order valence-corrected chi connectivity index (χ1v) is 5.35. The SMILES string of the molecule is O=CCCCOc1cc2[nH]c(=O)ccc2cn1. The van der Waals surface area contributed by atoms with Crippen molar-refractivity contribution in [1.82, 2.24) is 9.97 Å². The highest BCUT2D eigenvalue weighted by Gasteiger charge is 1.99. The molecule has 2 aromatic heterocycles. The minimum atomic E-state index is -0.157. The Hall–Kier alpha value is -2.17. The van der Waals surface area contributed by atoms with Crippen LogP contribution in [0.5, 0.6) is 5.88 Å². The van der Waals surface area contributed by atoms with Crippen LogP contribution >= 0.6 is 0 Å². The van der Waals surface area contributed by atoms with Gasteiger partial charge in [-0.25, -0.2) is 4.98 Å². The summed E-state index contributed by atoms with van der Waals surface area (Å²) in [6.07, 6.45) is 3.63. The van der Waals surface area contributed by atoms with Gasteiger partial charge in [-0.05, 0) is 12.5 Å². The van der Waals surface area contributed by atoms with Crippen LogP contribution in [0.1, 0.15) is 12.8 Å². The van der Waals surface area contributed by atoms with E-state index in [9.17, 15) is 9.59 Å². The molecule has 0 amide bonds. The standard InChI is InChI=1S/C12H12N2O3/c15-5-1-2-6-17-12-7-10-9(8-13-12)3-4-11(16)14-10/h3-5,7-8H,1-2,6H2,(H,14,16). The first-order chi connectivity index (χ1) is 8.29. The van der Waals surface area contributed by atoms with Crippen molar-refractivity contribution in [3.63, 3.8) is 0 Å². The van der Waals surface area contributed by atoms with E-state index in [2.05, 4.69) is 9.97 Å². The van der Waals surface area contributed by atoms with Crippen LogP contribution in [-0.4, -0.2) is 22.9 Å². The lowest BCUT2D eigenvalue weighted by Crippen LogP contribution is -2.04. The number of nitrogens with one attached hydrogen (secondary N) is 1. The maximum atomic E-state index is 11.1. The van der Waals surface area contributed by atoms with E-state index in [0.717, 1.165) is 11.7 Å². The smallest absolute Gasteiger partial charge is 0.248 e. The summed E-state index contributed by atoms with van der Waals surface area (Å²) in [6.45, 7) is 0.439. The highest BCUT2D eigenvalue weighted by molar-refractivity contribution is 5.77. The molecule has 0 aromatic carbocycles. The number of fused-ring (bicyclic) bond motifs is 1.